The van der Waals surface area contributed by atoms with Crippen LogP contribution in [0.4, 0.5) is 0 Å². The first-order chi connectivity index (χ1) is 7.33. The topological polar surface area (TPSA) is 66.4 Å². The predicted octanol–water partition coefficient (Wildman–Crippen LogP) is 1.41. The van der Waals surface area contributed by atoms with E-state index in [1.165, 1.54) is 11.3 Å². The Kier molecular flexibility index (Phi) is 4.49. The van der Waals surface area contributed by atoms with Gasteiger partial charge in [-0.1, -0.05) is 0 Å². The molecular weight excluding hydrogens is 246 g/mol. The normalized spacial score (nSPS) is 14.0. The summed E-state index contributed by atoms with van der Waals surface area (Å²) in [4.78, 5) is 2.12. The van der Waals surface area contributed by atoms with E-state index in [-0.39, 0.29) is 6.54 Å². The number of nitrogens with one attached hydrogen (secondary N) is 1. The Morgan fingerprint density at radius 1 is 1.50 bits per heavy atom. The lowest BCUT2D eigenvalue weighted by Gasteiger charge is -2.07. The summed E-state index contributed by atoms with van der Waals surface area (Å²) in [7, 11) is -3.42. The Hall–Kier alpha value is -0.430. The first-order valence-corrected chi connectivity index (χ1v) is 7.37. The fourth-order valence-electron chi connectivity index (χ4n) is 1.35. The van der Waals surface area contributed by atoms with E-state index in [9.17, 15) is 8.42 Å². The molecule has 0 fully saturated rings. The molecule has 2 N–H and O–H groups in total. The first kappa shape index (κ1) is 13.6. The summed E-state index contributed by atoms with van der Waals surface area (Å²) in [6.45, 7) is 5.57. The average Bonchev–Trinajstić information content (AvgIpc) is 2.44. The molecule has 0 spiro atoms. The molecule has 0 aliphatic rings. The van der Waals surface area contributed by atoms with Gasteiger partial charge in [-0.25, -0.2) is 13.1 Å². The maximum absolute atomic E-state index is 11.9. The molecule has 1 aromatic heterocycles. The van der Waals surface area contributed by atoms with Crippen LogP contribution in [0.5, 0.6) is 0 Å². The van der Waals surface area contributed by atoms with E-state index in [4.69, 9.17) is 5.11 Å². The Morgan fingerprint density at radius 2 is 2.12 bits per heavy atom. The number of sulfonamides is 1. The molecule has 4 nitrogen and oxygen atoms in total. The summed E-state index contributed by atoms with van der Waals surface area (Å²) >= 11 is 1.47. The standard InChI is InChI=1S/C10H17NO3S2/c1-7(12)4-5-11-16(13,14)10-6-8(2)15-9(10)3/h6-7,11-12H,4-5H2,1-3H3. The van der Waals surface area contributed by atoms with Gasteiger partial charge < -0.3 is 5.11 Å². The van der Waals surface area contributed by atoms with E-state index >= 15 is 0 Å². The summed E-state index contributed by atoms with van der Waals surface area (Å²) in [6.07, 6.45) is -0.0745. The van der Waals surface area contributed by atoms with E-state index in [0.717, 1.165) is 9.75 Å². The lowest BCUT2D eigenvalue weighted by Crippen LogP contribution is -2.26. The van der Waals surface area contributed by atoms with E-state index in [1.54, 1.807) is 19.9 Å². The highest BCUT2D eigenvalue weighted by Crippen LogP contribution is 2.24. The molecule has 92 valence electrons. The van der Waals surface area contributed by atoms with Crippen LogP contribution in [0.3, 0.4) is 0 Å². The Balaban J connectivity index is 2.75. The number of aryl methyl sites for hydroxylation is 2. The molecule has 0 aromatic carbocycles. The van der Waals surface area contributed by atoms with E-state index < -0.39 is 16.1 Å². The van der Waals surface area contributed by atoms with Gasteiger partial charge in [-0.3, -0.25) is 0 Å². The third-order valence-electron chi connectivity index (χ3n) is 2.14. The van der Waals surface area contributed by atoms with Crippen molar-refractivity contribution in [3.05, 3.63) is 15.8 Å². The number of aliphatic hydroxyl groups is 1. The molecule has 0 amide bonds. The zero-order chi connectivity index (χ0) is 12.3. The van der Waals surface area contributed by atoms with Crippen LogP contribution in [0.25, 0.3) is 0 Å². The molecule has 0 aliphatic carbocycles. The summed E-state index contributed by atoms with van der Waals surface area (Å²) in [5.41, 5.74) is 0. The molecule has 0 bridgehead atoms. The highest BCUT2D eigenvalue weighted by Gasteiger charge is 2.18. The van der Waals surface area contributed by atoms with Gasteiger partial charge in [0.15, 0.2) is 0 Å². The number of rotatable bonds is 5. The molecule has 6 heteroatoms. The first-order valence-electron chi connectivity index (χ1n) is 5.07. The molecule has 0 saturated heterocycles. The SMILES string of the molecule is Cc1cc(S(=O)(=O)NCCC(C)O)c(C)s1. The Morgan fingerprint density at radius 3 is 2.56 bits per heavy atom. The van der Waals surface area contributed by atoms with E-state index in [0.29, 0.717) is 11.3 Å². The van der Waals surface area contributed by atoms with Gasteiger partial charge in [0.1, 0.15) is 0 Å². The number of aliphatic hydroxyl groups excluding tert-OH is 1. The van der Waals surface area contributed by atoms with Crippen LogP contribution in [0.15, 0.2) is 11.0 Å². The van der Waals surface area contributed by atoms with Gasteiger partial charge in [0, 0.05) is 16.3 Å². The fourth-order valence-corrected chi connectivity index (χ4v) is 3.95. The highest BCUT2D eigenvalue weighted by molar-refractivity contribution is 7.89. The number of hydrogen-bond donors (Lipinski definition) is 2. The molecule has 0 radical (unpaired) electrons. The minimum absolute atomic E-state index is 0.258. The van der Waals surface area contributed by atoms with Gasteiger partial charge in [-0.2, -0.15) is 0 Å². The van der Waals surface area contributed by atoms with Crippen LogP contribution in [0.2, 0.25) is 0 Å². The van der Waals surface area contributed by atoms with Crippen molar-refractivity contribution in [3.63, 3.8) is 0 Å². The molecule has 16 heavy (non-hydrogen) atoms. The van der Waals surface area contributed by atoms with Crippen molar-refractivity contribution in [2.45, 2.75) is 38.2 Å². The summed E-state index contributed by atoms with van der Waals surface area (Å²) < 4.78 is 26.2. The van der Waals surface area contributed by atoms with Gasteiger partial charge >= 0.3 is 0 Å². The Bertz CT molecular complexity index is 449. The molecule has 1 atom stereocenters. The van der Waals surface area contributed by atoms with Crippen LogP contribution in [0.1, 0.15) is 23.1 Å². The highest BCUT2D eigenvalue weighted by atomic mass is 32.2. The molecule has 1 aromatic rings. The average molecular weight is 263 g/mol. The van der Waals surface area contributed by atoms with Crippen LogP contribution in [-0.4, -0.2) is 26.2 Å². The van der Waals surface area contributed by atoms with Crippen LogP contribution < -0.4 is 4.72 Å². The van der Waals surface area contributed by atoms with Crippen LogP contribution in [0, 0.1) is 13.8 Å². The minimum atomic E-state index is -3.42. The zero-order valence-corrected chi connectivity index (χ0v) is 11.3. The molecule has 0 saturated carbocycles. The van der Waals surface area contributed by atoms with E-state index in [2.05, 4.69) is 4.72 Å². The summed E-state index contributed by atoms with van der Waals surface area (Å²) in [6, 6.07) is 1.67. The van der Waals surface area contributed by atoms with Gasteiger partial charge in [0.25, 0.3) is 0 Å². The lowest BCUT2D eigenvalue weighted by atomic mass is 10.3. The van der Waals surface area contributed by atoms with Crippen LogP contribution >= 0.6 is 11.3 Å². The van der Waals surface area contributed by atoms with Gasteiger partial charge in [0.05, 0.1) is 11.0 Å². The lowest BCUT2D eigenvalue weighted by molar-refractivity contribution is 0.186. The van der Waals surface area contributed by atoms with Crippen molar-refractivity contribution in [2.75, 3.05) is 6.54 Å². The summed E-state index contributed by atoms with van der Waals surface area (Å²) in [5, 5.41) is 9.05. The van der Waals surface area contributed by atoms with Gasteiger partial charge in [0.2, 0.25) is 10.0 Å². The fraction of sp³-hybridized carbons (Fsp3) is 0.600. The predicted molar refractivity (Wildman–Crippen MR) is 65.3 cm³/mol. The second-order valence-corrected chi connectivity index (χ2v) is 7.01. The maximum Gasteiger partial charge on any atom is 0.241 e. The Labute approximate surface area is 100 Å². The van der Waals surface area contributed by atoms with Gasteiger partial charge in [-0.15, -0.1) is 11.3 Å². The monoisotopic (exact) mass is 263 g/mol. The molecule has 1 heterocycles. The minimum Gasteiger partial charge on any atom is -0.393 e. The van der Waals surface area contributed by atoms with Crippen molar-refractivity contribution in [1.29, 1.82) is 0 Å². The van der Waals surface area contributed by atoms with Crippen molar-refractivity contribution < 1.29 is 13.5 Å². The maximum atomic E-state index is 11.9. The number of thiophene rings is 1. The van der Waals surface area contributed by atoms with Crippen molar-refractivity contribution >= 4 is 21.4 Å². The van der Waals surface area contributed by atoms with Crippen molar-refractivity contribution in [1.82, 2.24) is 4.72 Å². The largest absolute Gasteiger partial charge is 0.393 e. The van der Waals surface area contributed by atoms with Crippen molar-refractivity contribution in [2.24, 2.45) is 0 Å². The third kappa shape index (κ3) is 3.55. The number of hydrogen-bond acceptors (Lipinski definition) is 4. The third-order valence-corrected chi connectivity index (χ3v) is 4.82. The van der Waals surface area contributed by atoms with Crippen molar-refractivity contribution in [3.8, 4) is 0 Å². The van der Waals surface area contributed by atoms with E-state index in [1.807, 2.05) is 6.92 Å². The second kappa shape index (κ2) is 5.27. The molecular formula is C10H17NO3S2. The smallest absolute Gasteiger partial charge is 0.241 e. The molecule has 1 rings (SSSR count). The molecule has 0 aliphatic heterocycles. The zero-order valence-electron chi connectivity index (χ0n) is 9.65. The second-order valence-electron chi connectivity index (χ2n) is 3.81. The quantitative estimate of drug-likeness (QED) is 0.844. The summed E-state index contributed by atoms with van der Waals surface area (Å²) in [5.74, 6) is 0. The van der Waals surface area contributed by atoms with Gasteiger partial charge in [-0.05, 0) is 33.3 Å². The molecule has 1 unspecified atom stereocenters. The van der Waals surface area contributed by atoms with Crippen LogP contribution in [-0.2, 0) is 10.0 Å².